The predicted molar refractivity (Wildman–Crippen MR) is 293 cm³/mol. The van der Waals surface area contributed by atoms with Crippen LogP contribution in [0.3, 0.4) is 0 Å². The molecule has 0 saturated carbocycles. The standard InChI is InChI=1S/C55H66N5O14PSeSi/c1-54(2,3)77(9,10)74-46-42(72-51(48(46)68-7)59-31-29-43(57-52(59)63)56-49(62)35-17-13-11-14-18-35)34-70-75(8,76)73-45-41(71-50(47(45)67-6)60-32-30-44(61)58-53(60)64)33-69-55(36-19-15-12-16-20-36,37-21-25-39(65-4)26-22-37)38-23-27-40(66-5)28-24-38/h11-32,41-42,45-48,50-51H,33-34H2,1-10H3,(H,58,61,64)(H,56,57,62,63)/t41-,42-,45-,46-,47-,48-,50-,51-,75?/m1/s1. The van der Waals surface area contributed by atoms with Gasteiger partial charge in [-0.25, -0.2) is 0 Å². The second kappa shape index (κ2) is 24.2. The van der Waals surface area contributed by atoms with Crippen LogP contribution >= 0.6 is 5.96 Å². The summed E-state index contributed by atoms with van der Waals surface area (Å²) < 4.78 is 67.8. The number of nitrogens with zero attached hydrogens (tertiary/aromatic N) is 3. The summed E-state index contributed by atoms with van der Waals surface area (Å²) in [7, 11) is 3.65. The molecule has 1 amide bonds. The van der Waals surface area contributed by atoms with Gasteiger partial charge < -0.3 is 0 Å². The Balaban J connectivity index is 1.12. The molecule has 2 aromatic heterocycles. The van der Waals surface area contributed by atoms with Crippen LogP contribution in [0.25, 0.3) is 0 Å². The van der Waals surface area contributed by atoms with Crippen LogP contribution in [0.5, 0.6) is 11.5 Å². The van der Waals surface area contributed by atoms with E-state index in [9.17, 15) is 19.2 Å². The molecule has 22 heteroatoms. The van der Waals surface area contributed by atoms with Gasteiger partial charge in [0.2, 0.25) is 0 Å². The number of hydrogen-bond acceptors (Lipinski definition) is 15. The molecule has 9 atom stereocenters. The number of rotatable bonds is 21. The first kappa shape index (κ1) is 57.5. The summed E-state index contributed by atoms with van der Waals surface area (Å²) in [5, 5.41) is 2.46. The molecule has 4 heterocycles. The maximum absolute atomic E-state index is 13.8. The van der Waals surface area contributed by atoms with Crippen LogP contribution in [0, 0.1) is 0 Å². The Hall–Kier alpha value is -5.64. The fraction of sp³-hybridized carbons (Fsp3) is 0.400. The van der Waals surface area contributed by atoms with Crippen LogP contribution < -0.4 is 31.7 Å². The fourth-order valence-electron chi connectivity index (χ4n) is 9.24. The second-order valence-electron chi connectivity index (χ2n) is 20.2. The van der Waals surface area contributed by atoms with Crippen molar-refractivity contribution >= 4 is 41.1 Å². The molecule has 6 aromatic rings. The summed E-state index contributed by atoms with van der Waals surface area (Å²) in [5.74, 6) is -2.17. The number of hydrogen-bond donors (Lipinski definition) is 2. The van der Waals surface area contributed by atoms with Gasteiger partial charge in [-0.15, -0.1) is 0 Å². The first-order valence-corrected chi connectivity index (χ1v) is 32.1. The van der Waals surface area contributed by atoms with Gasteiger partial charge in [-0.05, 0) is 12.1 Å². The van der Waals surface area contributed by atoms with Gasteiger partial charge >= 0.3 is 403 Å². The molecular weight excluding hydrogens is 1090 g/mol. The zero-order chi connectivity index (χ0) is 55.3. The number of aromatic amines is 1. The van der Waals surface area contributed by atoms with Gasteiger partial charge in [-0.3, -0.25) is 4.79 Å². The number of carbonyl (C=O) groups excluding carboxylic acids is 1. The molecule has 2 aliphatic rings. The van der Waals surface area contributed by atoms with Crippen LogP contribution in [0.1, 0.15) is 60.3 Å². The van der Waals surface area contributed by atoms with E-state index >= 15 is 0 Å². The van der Waals surface area contributed by atoms with E-state index in [4.69, 9.17) is 46.6 Å². The van der Waals surface area contributed by atoms with Crippen molar-refractivity contribution < 1.29 is 51.4 Å². The molecule has 19 nitrogen and oxygen atoms in total. The van der Waals surface area contributed by atoms with E-state index in [2.05, 4.69) is 64.2 Å². The van der Waals surface area contributed by atoms with Gasteiger partial charge in [0.1, 0.15) is 0 Å². The molecule has 77 heavy (non-hydrogen) atoms. The molecule has 2 N–H and O–H groups in total. The first-order chi connectivity index (χ1) is 36.7. The number of benzene rings is 4. The molecule has 2 fully saturated rings. The molecular formula is C55H66N5O14PSeSi. The molecule has 0 aliphatic carbocycles. The molecule has 8 rings (SSSR count). The number of amides is 1. The maximum atomic E-state index is 13.8. The van der Waals surface area contributed by atoms with Gasteiger partial charge in [-0.1, -0.05) is 18.2 Å². The van der Waals surface area contributed by atoms with E-state index in [1.54, 1.807) is 51.2 Å². The third-order valence-corrected chi connectivity index (χ3v) is 21.2. The van der Waals surface area contributed by atoms with Crippen molar-refractivity contribution in [3.05, 3.63) is 187 Å². The Morgan fingerprint density at radius 2 is 1.22 bits per heavy atom. The van der Waals surface area contributed by atoms with Gasteiger partial charge in [0, 0.05) is 5.56 Å². The zero-order valence-corrected chi connectivity index (χ0v) is 48.3. The van der Waals surface area contributed by atoms with Crippen molar-refractivity contribution in [1.82, 2.24) is 19.1 Å². The first-order valence-electron chi connectivity index (χ1n) is 24.9. The number of anilines is 1. The molecule has 410 valence electrons. The van der Waals surface area contributed by atoms with E-state index in [1.807, 2.05) is 78.9 Å². The topological polar surface area (TPSA) is 211 Å². The Labute approximate surface area is 455 Å². The minimum absolute atomic E-state index is 0.0640. The molecule has 2 aliphatic heterocycles. The van der Waals surface area contributed by atoms with Crippen molar-refractivity contribution in [2.24, 2.45) is 0 Å². The summed E-state index contributed by atoms with van der Waals surface area (Å²) in [4.78, 5) is 59.1. The van der Waals surface area contributed by atoms with E-state index in [0.717, 1.165) is 16.7 Å². The third kappa shape index (κ3) is 12.6. The Bertz CT molecular complexity index is 3150. The summed E-state index contributed by atoms with van der Waals surface area (Å²) in [6.07, 6.45) is -4.52. The molecule has 4 aromatic carbocycles. The quantitative estimate of drug-likeness (QED) is 0.0413. The Morgan fingerprint density at radius 1 is 0.701 bits per heavy atom. The van der Waals surface area contributed by atoms with Crippen molar-refractivity contribution in [2.45, 2.75) is 93.6 Å². The summed E-state index contributed by atoms with van der Waals surface area (Å²) in [5.41, 5.74) is -0.503. The molecule has 0 radical (unpaired) electrons. The summed E-state index contributed by atoms with van der Waals surface area (Å²) in [6, 6.07) is 36.3. The number of nitrogens with one attached hydrogen (secondary N) is 2. The van der Waals surface area contributed by atoms with Crippen molar-refractivity contribution in [1.29, 1.82) is 0 Å². The number of aromatic nitrogens is 4. The summed E-state index contributed by atoms with van der Waals surface area (Å²) >= 11 is 3.17. The third-order valence-electron chi connectivity index (χ3n) is 14.3. The number of methoxy groups -OCH3 is 4. The predicted octanol–water partition coefficient (Wildman–Crippen LogP) is 7.25. The minimum atomic E-state index is -3.11. The van der Waals surface area contributed by atoms with Crippen LogP contribution in [-0.2, 0) is 42.8 Å². The van der Waals surface area contributed by atoms with Gasteiger partial charge in [0.05, 0.1) is 14.2 Å². The fourth-order valence-corrected chi connectivity index (χ4v) is 12.7. The number of carbonyl (C=O) groups is 1. The zero-order valence-electron chi connectivity index (χ0n) is 44.6. The molecule has 0 spiro atoms. The van der Waals surface area contributed by atoms with E-state index in [1.165, 1.54) is 47.9 Å². The normalized spacial score (nSPS) is 22.6. The van der Waals surface area contributed by atoms with Crippen LogP contribution in [0.15, 0.2) is 148 Å². The Morgan fingerprint density at radius 3 is 1.75 bits per heavy atom. The number of ether oxygens (including phenoxy) is 7. The molecule has 0 bridgehead atoms. The average Bonchev–Trinajstić information content (AvgIpc) is 3.94. The average molecular weight is 1160 g/mol. The molecule has 1 unspecified atom stereocenters. The van der Waals surface area contributed by atoms with Crippen molar-refractivity contribution in [3.63, 3.8) is 0 Å². The second-order valence-corrected chi connectivity index (χ2v) is 31.1. The van der Waals surface area contributed by atoms with Crippen molar-refractivity contribution in [3.8, 4) is 11.5 Å². The van der Waals surface area contributed by atoms with Crippen LogP contribution in [0.2, 0.25) is 18.1 Å². The van der Waals surface area contributed by atoms with E-state index in [-0.39, 0.29) is 24.1 Å². The van der Waals surface area contributed by atoms with Gasteiger partial charge in [0.25, 0.3) is 0 Å². The molecule has 2 saturated heterocycles. The van der Waals surface area contributed by atoms with E-state index in [0.29, 0.717) is 17.1 Å². The summed E-state index contributed by atoms with van der Waals surface area (Å²) in [6.45, 7) is 12.2. The van der Waals surface area contributed by atoms with Gasteiger partial charge in [0.15, 0.2) is 0 Å². The van der Waals surface area contributed by atoms with Gasteiger partial charge in [-0.2, -0.15) is 0 Å². The monoisotopic (exact) mass is 1160 g/mol. The SMILES string of the molecule is COc1ccc(C(OC[C@H]2O[C@@H](n3ccc(=O)[nH]c3=O)[C@H](OC)[C@@H]2OP(C)(=[Se])OC[C@H]2O[C@@H](n3ccc(NC(=O)c4ccccc4)nc3=O)[C@H](OC)[C@@H]2O[Si](C)(C)C(C)(C)C)(c2ccccc2)c2ccc(OC)cc2)cc1. The Kier molecular flexibility index (Phi) is 18.1. The van der Waals surface area contributed by atoms with Crippen LogP contribution in [-0.4, -0.2) is 133 Å². The van der Waals surface area contributed by atoms with E-state index < -0.39 is 91.8 Å². The van der Waals surface area contributed by atoms with Crippen LogP contribution in [0.4, 0.5) is 5.82 Å². The number of H-pyrrole nitrogens is 1. The van der Waals surface area contributed by atoms with Crippen molar-refractivity contribution in [2.75, 3.05) is 53.6 Å².